The zero-order valence-corrected chi connectivity index (χ0v) is 15.6. The summed E-state index contributed by atoms with van der Waals surface area (Å²) in [6, 6.07) is 21.0. The molecule has 1 N–H and O–H groups in total. The minimum atomic E-state index is -0.140. The normalized spacial score (nSPS) is 10.1. The predicted molar refractivity (Wildman–Crippen MR) is 107 cm³/mol. The Kier molecular flexibility index (Phi) is 5.18. The Balaban J connectivity index is 2.32. The maximum absolute atomic E-state index is 13.4. The van der Waals surface area contributed by atoms with Gasteiger partial charge in [0, 0.05) is 16.9 Å². The summed E-state index contributed by atoms with van der Waals surface area (Å²) in [6.45, 7) is 1.86. The van der Waals surface area contributed by atoms with Gasteiger partial charge >= 0.3 is 0 Å². The molecule has 0 unspecified atom stereocenters. The minimum absolute atomic E-state index is 0.140. The molecule has 0 bridgehead atoms. The van der Waals surface area contributed by atoms with Crippen LogP contribution in [0.4, 0.5) is 5.69 Å². The van der Waals surface area contributed by atoms with Gasteiger partial charge in [0.2, 0.25) is 12.1 Å². The lowest BCUT2D eigenvalue weighted by molar-refractivity contribution is -0.459. The highest BCUT2D eigenvalue weighted by Crippen LogP contribution is 2.32. The second-order valence-corrected chi connectivity index (χ2v) is 6.40. The summed E-state index contributed by atoms with van der Waals surface area (Å²) >= 11 is 0. The Bertz CT molecular complexity index is 1040. The second-order valence-electron chi connectivity index (χ2n) is 6.40. The van der Waals surface area contributed by atoms with Crippen LogP contribution in [0.5, 0.6) is 0 Å². The van der Waals surface area contributed by atoms with Crippen molar-refractivity contribution in [1.82, 2.24) is 4.57 Å². The second kappa shape index (κ2) is 7.71. The van der Waals surface area contributed by atoms with Crippen molar-refractivity contribution >= 4 is 17.8 Å². The van der Waals surface area contributed by atoms with E-state index < -0.39 is 0 Å². The van der Waals surface area contributed by atoms with Crippen molar-refractivity contribution < 1.29 is 9.37 Å². The third-order valence-corrected chi connectivity index (χ3v) is 4.25. The molecule has 134 valence electrons. The maximum Gasteiger partial charge on any atom is 0.236 e. The van der Waals surface area contributed by atoms with Crippen molar-refractivity contribution in [3.05, 3.63) is 83.2 Å². The molecule has 0 aliphatic rings. The summed E-state index contributed by atoms with van der Waals surface area (Å²) in [7, 11) is 3.75. The third-order valence-electron chi connectivity index (χ3n) is 4.25. The lowest BCUT2D eigenvalue weighted by atomic mass is 10.1. The first-order valence-corrected chi connectivity index (χ1v) is 8.61. The van der Waals surface area contributed by atoms with E-state index in [9.17, 15) is 10.1 Å². The van der Waals surface area contributed by atoms with Crippen molar-refractivity contribution in [2.75, 3.05) is 19.4 Å². The zero-order chi connectivity index (χ0) is 19.4. The van der Waals surface area contributed by atoms with E-state index in [0.717, 1.165) is 11.4 Å². The highest BCUT2D eigenvalue weighted by atomic mass is 16.1. The number of nitrogens with one attached hydrogen (secondary N) is 1. The highest BCUT2D eigenvalue weighted by Gasteiger charge is 2.29. The van der Waals surface area contributed by atoms with Crippen molar-refractivity contribution in [2.24, 2.45) is 0 Å². The molecule has 3 rings (SSSR count). The molecule has 0 aliphatic carbocycles. The first kappa shape index (κ1) is 18.2. The largest absolute Gasteiger partial charge is 0.306 e. The van der Waals surface area contributed by atoms with Crippen LogP contribution in [0.3, 0.4) is 0 Å². The summed E-state index contributed by atoms with van der Waals surface area (Å²) in [4.78, 5) is 13.4. The number of hydrogen-bond acceptors (Lipinski definition) is 2. The van der Waals surface area contributed by atoms with Gasteiger partial charge in [0.15, 0.2) is 5.69 Å². The average molecular weight is 357 g/mol. The topological polar surface area (TPSA) is 60.8 Å². The number of aromatic nitrogens is 1. The van der Waals surface area contributed by atoms with Crippen molar-refractivity contribution in [2.45, 2.75) is 6.92 Å². The number of carbonyl (C=O) groups excluding carboxylic acids is 1. The lowest BCUT2D eigenvalue weighted by Gasteiger charge is -2.11. The Morgan fingerprint density at radius 2 is 1.67 bits per heavy atom. The van der Waals surface area contributed by atoms with Gasteiger partial charge < -0.3 is 4.57 Å². The van der Waals surface area contributed by atoms with Gasteiger partial charge in [-0.2, -0.15) is 5.26 Å². The Hall–Kier alpha value is -3.65. The molecule has 2 aromatic carbocycles. The number of nitrogens with zero attached hydrogens (tertiary/aromatic N) is 3. The number of benzene rings is 2. The van der Waals surface area contributed by atoms with Crippen molar-refractivity contribution in [1.29, 1.82) is 5.26 Å². The van der Waals surface area contributed by atoms with Crippen molar-refractivity contribution in [3.63, 3.8) is 0 Å². The molecule has 0 radical (unpaired) electrons. The molecule has 1 aromatic heterocycles. The Morgan fingerprint density at radius 1 is 1.07 bits per heavy atom. The summed E-state index contributed by atoms with van der Waals surface area (Å²) in [6.07, 6.45) is 1.73. The smallest absolute Gasteiger partial charge is 0.236 e. The molecule has 0 fully saturated rings. The van der Waals surface area contributed by atoms with Gasteiger partial charge in [0.25, 0.3) is 0 Å². The molecular formula is C22H21N4O+. The van der Waals surface area contributed by atoms with Crippen LogP contribution in [-0.2, 0) is 0 Å². The number of rotatable bonds is 5. The van der Waals surface area contributed by atoms with E-state index in [0.29, 0.717) is 22.5 Å². The first-order valence-electron chi connectivity index (χ1n) is 8.61. The fourth-order valence-corrected chi connectivity index (χ4v) is 3.00. The van der Waals surface area contributed by atoms with Gasteiger partial charge in [-0.15, -0.1) is 0 Å². The molecule has 5 heteroatoms. The zero-order valence-electron chi connectivity index (χ0n) is 15.6. The van der Waals surface area contributed by atoms with Gasteiger partial charge in [-0.1, -0.05) is 48.5 Å². The van der Waals surface area contributed by atoms with Crippen LogP contribution in [0, 0.1) is 18.3 Å². The average Bonchev–Trinajstić information content (AvgIpc) is 2.98. The van der Waals surface area contributed by atoms with E-state index in [-0.39, 0.29) is 5.78 Å². The summed E-state index contributed by atoms with van der Waals surface area (Å²) in [5.74, 6) is -0.140. The minimum Gasteiger partial charge on any atom is -0.306 e. The van der Waals surface area contributed by atoms with Gasteiger partial charge in [0.1, 0.15) is 17.3 Å². The quantitative estimate of drug-likeness (QED) is 0.328. The van der Waals surface area contributed by atoms with Crippen molar-refractivity contribution in [3.8, 4) is 11.8 Å². The fraction of sp³-hybridized carbons (Fsp3) is 0.136. The van der Waals surface area contributed by atoms with Crippen LogP contribution in [0.2, 0.25) is 0 Å². The van der Waals surface area contributed by atoms with Crippen LogP contribution < -0.4 is 5.32 Å². The monoisotopic (exact) mass is 357 g/mol. The number of nitriles is 1. The van der Waals surface area contributed by atoms with E-state index in [2.05, 4.69) is 11.4 Å². The summed E-state index contributed by atoms with van der Waals surface area (Å²) in [5, 5.41) is 12.9. The van der Waals surface area contributed by atoms with E-state index in [1.165, 1.54) is 0 Å². The number of hydrogen-bond donors (Lipinski definition) is 1. The van der Waals surface area contributed by atoms with Gasteiger partial charge in [-0.25, -0.2) is 5.32 Å². The highest BCUT2D eigenvalue weighted by molar-refractivity contribution is 6.13. The van der Waals surface area contributed by atoms with Crippen LogP contribution in [0.15, 0.2) is 60.7 Å². The number of ketones is 1. The standard InChI is InChI=1S/C22H20N4O/c1-16-19(14-23)20(24-15-25(2)3)21(22(27)17-10-6-4-7-11-17)26(16)18-12-8-5-9-13-18/h4-13,15H,1-3H3/p+1. The molecule has 3 aromatic rings. The number of anilines is 1. The van der Waals surface area contributed by atoms with E-state index >= 15 is 0 Å². The van der Waals surface area contributed by atoms with Gasteiger partial charge in [-0.3, -0.25) is 9.37 Å². The first-order chi connectivity index (χ1) is 13.0. The Labute approximate surface area is 158 Å². The molecule has 1 heterocycles. The molecular weight excluding hydrogens is 336 g/mol. The third kappa shape index (κ3) is 3.51. The van der Waals surface area contributed by atoms with Gasteiger partial charge in [0.05, 0.1) is 14.1 Å². The SMILES string of the molecule is Cc1c(C#N)c(NC=[N+](C)C)c(C(=O)c2ccccc2)n1-c1ccccc1. The van der Waals surface area contributed by atoms with E-state index in [1.807, 2.05) is 78.7 Å². The molecule has 27 heavy (non-hydrogen) atoms. The molecule has 0 saturated carbocycles. The van der Waals surface area contributed by atoms with Gasteiger partial charge in [-0.05, 0) is 19.1 Å². The summed E-state index contributed by atoms with van der Waals surface area (Å²) in [5.41, 5.74) is 3.54. The lowest BCUT2D eigenvalue weighted by Crippen LogP contribution is -2.14. The fourth-order valence-electron chi connectivity index (χ4n) is 3.00. The summed E-state index contributed by atoms with van der Waals surface area (Å²) < 4.78 is 3.67. The van der Waals surface area contributed by atoms with E-state index in [1.54, 1.807) is 18.5 Å². The molecule has 0 atom stereocenters. The van der Waals surface area contributed by atoms with Crippen LogP contribution in [0.1, 0.15) is 27.3 Å². The Morgan fingerprint density at radius 3 is 2.22 bits per heavy atom. The number of para-hydroxylation sites is 1. The van der Waals surface area contributed by atoms with Crippen LogP contribution >= 0.6 is 0 Å². The predicted octanol–water partition coefficient (Wildman–Crippen LogP) is 3.60. The molecule has 0 aliphatic heterocycles. The van der Waals surface area contributed by atoms with Crippen LogP contribution in [-0.4, -0.2) is 35.4 Å². The molecule has 5 nitrogen and oxygen atoms in total. The number of carbonyl (C=O) groups is 1. The molecule has 0 amide bonds. The molecule has 0 spiro atoms. The van der Waals surface area contributed by atoms with Crippen LogP contribution in [0.25, 0.3) is 5.69 Å². The maximum atomic E-state index is 13.4. The molecule has 0 saturated heterocycles. The van der Waals surface area contributed by atoms with E-state index in [4.69, 9.17) is 0 Å².